The van der Waals surface area contributed by atoms with Crippen LogP contribution in [0.5, 0.6) is 5.75 Å². The van der Waals surface area contributed by atoms with Crippen LogP contribution in [0.25, 0.3) is 5.57 Å². The Balaban J connectivity index is 1.48. The van der Waals surface area contributed by atoms with Crippen LogP contribution in [0.1, 0.15) is 83.4 Å². The van der Waals surface area contributed by atoms with E-state index in [-0.39, 0.29) is 18.6 Å². The van der Waals surface area contributed by atoms with Crippen molar-refractivity contribution in [2.24, 2.45) is 0 Å². The van der Waals surface area contributed by atoms with Gasteiger partial charge in [0.15, 0.2) is 0 Å². The minimum Gasteiger partial charge on any atom is -0.487 e. The van der Waals surface area contributed by atoms with Crippen molar-refractivity contribution in [3.8, 4) is 5.75 Å². The lowest BCUT2D eigenvalue weighted by Crippen LogP contribution is -2.41. The number of piperidine rings is 1. The summed E-state index contributed by atoms with van der Waals surface area (Å²) >= 11 is 0. The van der Waals surface area contributed by atoms with Crippen molar-refractivity contribution in [1.82, 2.24) is 9.88 Å². The van der Waals surface area contributed by atoms with E-state index in [1.165, 1.54) is 0 Å². The molecule has 0 radical (unpaired) electrons. The molecule has 1 saturated heterocycles. The highest BCUT2D eigenvalue weighted by atomic mass is 16.6. The molecular weight excluding hydrogens is 522 g/mol. The summed E-state index contributed by atoms with van der Waals surface area (Å²) < 4.78 is 23.3. The van der Waals surface area contributed by atoms with Crippen LogP contribution in [0.2, 0.25) is 0 Å². The second kappa shape index (κ2) is 11.4. The highest BCUT2D eigenvalue weighted by Gasteiger charge is 2.35. The molecule has 4 heterocycles. The number of nitrogens with zero attached hydrogens (tertiary/aromatic N) is 3. The molecule has 0 bridgehead atoms. The fourth-order valence-electron chi connectivity index (χ4n) is 5.45. The van der Waals surface area contributed by atoms with E-state index in [4.69, 9.17) is 23.9 Å². The number of rotatable bonds is 2. The van der Waals surface area contributed by atoms with Gasteiger partial charge in [0.2, 0.25) is 0 Å². The standard InChI is InChI=1S/C32H41N3O6/c1-31(2,3)40-29(36)34-15-10-21(11-16-34)23-7-8-27-26(19-23)35(30(37)41-32(4,5)6)28-25(20-39-27)24(9-14-33-28)22-12-17-38-18-13-22/h7-9,12,14,19,21H,10-11,13,15-18,20H2,1-6H3. The highest BCUT2D eigenvalue weighted by molar-refractivity contribution is 5.99. The van der Waals surface area contributed by atoms with Crippen LogP contribution in [-0.4, -0.2) is 59.6 Å². The Morgan fingerprint density at radius 2 is 1.68 bits per heavy atom. The Kier molecular flexibility index (Phi) is 8.01. The maximum absolute atomic E-state index is 13.8. The Hall–Kier alpha value is -3.59. The van der Waals surface area contributed by atoms with Crippen LogP contribution >= 0.6 is 0 Å². The summed E-state index contributed by atoms with van der Waals surface area (Å²) in [6, 6.07) is 7.99. The van der Waals surface area contributed by atoms with Gasteiger partial charge in [-0.25, -0.2) is 19.5 Å². The smallest absolute Gasteiger partial charge is 0.420 e. The van der Waals surface area contributed by atoms with E-state index < -0.39 is 17.3 Å². The van der Waals surface area contributed by atoms with Gasteiger partial charge in [0.05, 0.1) is 18.9 Å². The van der Waals surface area contributed by atoms with Crippen molar-refractivity contribution in [2.45, 2.75) is 84.5 Å². The number of fused-ring (bicyclic) bond motifs is 2. The number of likely N-dealkylation sites (tertiary alicyclic amines) is 1. The molecule has 41 heavy (non-hydrogen) atoms. The number of ether oxygens (including phenoxy) is 4. The van der Waals surface area contributed by atoms with Gasteiger partial charge in [-0.05, 0) is 102 Å². The molecule has 0 aliphatic carbocycles. The van der Waals surface area contributed by atoms with Crippen LogP contribution in [0.4, 0.5) is 21.1 Å². The maximum Gasteiger partial charge on any atom is 0.420 e. The molecule has 0 N–H and O–H groups in total. The number of aromatic nitrogens is 1. The lowest BCUT2D eigenvalue weighted by Gasteiger charge is -2.34. The number of carbonyl (C=O) groups is 2. The number of amides is 2. The average molecular weight is 564 g/mol. The number of benzene rings is 1. The van der Waals surface area contributed by atoms with Crippen molar-refractivity contribution in [2.75, 3.05) is 31.2 Å². The Morgan fingerprint density at radius 3 is 2.34 bits per heavy atom. The first-order chi connectivity index (χ1) is 19.4. The van der Waals surface area contributed by atoms with E-state index in [9.17, 15) is 9.59 Å². The predicted molar refractivity (Wildman–Crippen MR) is 157 cm³/mol. The maximum atomic E-state index is 13.8. The van der Waals surface area contributed by atoms with Crippen molar-refractivity contribution in [3.63, 3.8) is 0 Å². The third-order valence-electron chi connectivity index (χ3n) is 7.34. The summed E-state index contributed by atoms with van der Waals surface area (Å²) in [6.07, 6.45) is 5.40. The third-order valence-corrected chi connectivity index (χ3v) is 7.34. The zero-order valence-corrected chi connectivity index (χ0v) is 25.0. The topological polar surface area (TPSA) is 90.4 Å². The molecule has 3 aliphatic heterocycles. The van der Waals surface area contributed by atoms with Crippen LogP contribution in [0, 0.1) is 0 Å². The van der Waals surface area contributed by atoms with Gasteiger partial charge < -0.3 is 23.8 Å². The van der Waals surface area contributed by atoms with Gasteiger partial charge in [0.1, 0.15) is 29.4 Å². The first-order valence-corrected chi connectivity index (χ1v) is 14.4. The molecule has 1 fully saturated rings. The summed E-state index contributed by atoms with van der Waals surface area (Å²) in [5.74, 6) is 1.32. The molecule has 9 nitrogen and oxygen atoms in total. The number of hydrogen-bond donors (Lipinski definition) is 0. The molecule has 220 valence electrons. The Bertz CT molecular complexity index is 1330. The molecule has 1 aromatic heterocycles. The summed E-state index contributed by atoms with van der Waals surface area (Å²) in [7, 11) is 0. The van der Waals surface area contributed by atoms with E-state index in [0.717, 1.165) is 41.5 Å². The largest absolute Gasteiger partial charge is 0.487 e. The third kappa shape index (κ3) is 6.67. The molecule has 9 heteroatoms. The van der Waals surface area contributed by atoms with Crippen LogP contribution in [0.3, 0.4) is 0 Å². The van der Waals surface area contributed by atoms with Gasteiger partial charge in [0.25, 0.3) is 0 Å². The molecule has 0 spiro atoms. The summed E-state index contributed by atoms with van der Waals surface area (Å²) in [6.45, 7) is 13.9. The predicted octanol–water partition coefficient (Wildman–Crippen LogP) is 6.97. The van der Waals surface area contributed by atoms with Gasteiger partial charge in [-0.15, -0.1) is 0 Å². The molecule has 2 aromatic rings. The van der Waals surface area contributed by atoms with Crippen molar-refractivity contribution >= 4 is 29.3 Å². The Morgan fingerprint density at radius 1 is 0.976 bits per heavy atom. The lowest BCUT2D eigenvalue weighted by atomic mass is 9.89. The van der Waals surface area contributed by atoms with E-state index in [0.29, 0.717) is 43.6 Å². The second-order valence-electron chi connectivity index (χ2n) is 12.8. The van der Waals surface area contributed by atoms with E-state index in [1.54, 1.807) is 16.0 Å². The second-order valence-corrected chi connectivity index (χ2v) is 12.8. The Labute approximate surface area is 242 Å². The SMILES string of the molecule is CC(C)(C)OC(=O)N1CCC(c2ccc3c(c2)N(C(=O)OC(C)(C)C)c2nccc(C4=CCOCC4)c2CO3)CC1. The molecule has 0 saturated carbocycles. The minimum absolute atomic E-state index is 0.217. The fraction of sp³-hybridized carbons (Fsp3) is 0.531. The van der Waals surface area contributed by atoms with Crippen LogP contribution in [-0.2, 0) is 20.8 Å². The lowest BCUT2D eigenvalue weighted by molar-refractivity contribution is 0.0204. The fourth-order valence-corrected chi connectivity index (χ4v) is 5.45. The van der Waals surface area contributed by atoms with Crippen molar-refractivity contribution < 1.29 is 28.5 Å². The molecule has 0 unspecified atom stereocenters. The highest BCUT2D eigenvalue weighted by Crippen LogP contribution is 2.44. The number of carbonyl (C=O) groups excluding carboxylic acids is 2. The molecule has 1 aromatic carbocycles. The number of hydrogen-bond acceptors (Lipinski definition) is 7. The van der Waals surface area contributed by atoms with E-state index in [2.05, 4.69) is 12.1 Å². The first-order valence-electron chi connectivity index (χ1n) is 14.4. The molecular formula is C32H41N3O6. The van der Waals surface area contributed by atoms with Crippen molar-refractivity contribution in [1.29, 1.82) is 0 Å². The van der Waals surface area contributed by atoms with Gasteiger partial charge in [0, 0.05) is 24.8 Å². The molecule has 2 amide bonds. The number of pyridine rings is 1. The zero-order chi connectivity index (χ0) is 29.4. The molecule has 3 aliphatic rings. The summed E-state index contributed by atoms with van der Waals surface area (Å²) in [4.78, 5) is 34.4. The van der Waals surface area contributed by atoms with Gasteiger partial charge in [-0.2, -0.15) is 0 Å². The van der Waals surface area contributed by atoms with Crippen LogP contribution in [0.15, 0.2) is 36.5 Å². The summed E-state index contributed by atoms with van der Waals surface area (Å²) in [5.41, 5.74) is 3.47. The zero-order valence-electron chi connectivity index (χ0n) is 25.0. The molecule has 0 atom stereocenters. The number of anilines is 2. The van der Waals surface area contributed by atoms with E-state index >= 15 is 0 Å². The monoisotopic (exact) mass is 563 g/mol. The first kappa shape index (κ1) is 28.9. The van der Waals surface area contributed by atoms with Gasteiger partial charge in [-0.3, -0.25) is 0 Å². The van der Waals surface area contributed by atoms with Crippen molar-refractivity contribution in [3.05, 3.63) is 53.2 Å². The normalized spacial score (nSPS) is 18.0. The average Bonchev–Trinajstić information content (AvgIpc) is 3.08. The quantitative estimate of drug-likeness (QED) is 0.390. The van der Waals surface area contributed by atoms with Gasteiger partial charge >= 0.3 is 12.2 Å². The van der Waals surface area contributed by atoms with E-state index in [1.807, 2.05) is 59.7 Å². The minimum atomic E-state index is -0.697. The molecule has 5 rings (SSSR count). The summed E-state index contributed by atoms with van der Waals surface area (Å²) in [5, 5.41) is 0. The van der Waals surface area contributed by atoms with Gasteiger partial charge in [-0.1, -0.05) is 12.1 Å². The van der Waals surface area contributed by atoms with Crippen LogP contribution < -0.4 is 9.64 Å².